The SMILES string of the molecule is C.C.CC1CC2CCC(C1)N2C.CN1C2CCC1CC(N=S(=O)(F)F)C2.O=S(F)(F)(F)F. The third-order valence-electron chi connectivity index (χ3n) is 6.68. The Hall–Kier alpha value is -0.400. The van der Waals surface area contributed by atoms with Gasteiger partial charge in [-0.05, 0) is 71.4 Å². The molecule has 4 atom stereocenters. The van der Waals surface area contributed by atoms with Gasteiger partial charge in [0.25, 0.3) is 0 Å². The van der Waals surface area contributed by atoms with Gasteiger partial charge in [-0.15, -0.1) is 0 Å². The molecular weight excluding hydrogens is 480 g/mol. The minimum absolute atomic E-state index is 0. The van der Waals surface area contributed by atoms with Crippen LogP contribution >= 0.6 is 0 Å². The van der Waals surface area contributed by atoms with Gasteiger partial charge < -0.3 is 9.80 Å². The van der Waals surface area contributed by atoms with Crippen molar-refractivity contribution in [2.45, 2.75) is 103 Å². The van der Waals surface area contributed by atoms with Gasteiger partial charge in [-0.1, -0.05) is 45.1 Å². The quantitative estimate of drug-likeness (QED) is 0.300. The monoisotopic (exact) mass is 519 g/mol. The summed E-state index contributed by atoms with van der Waals surface area (Å²) in [5, 5.41) is 0. The molecule has 0 aromatic heterocycles. The van der Waals surface area contributed by atoms with Gasteiger partial charge in [0, 0.05) is 24.2 Å². The van der Waals surface area contributed by atoms with Crippen molar-refractivity contribution in [2.24, 2.45) is 10.3 Å². The largest absolute Gasteiger partial charge is 0.456 e. The minimum Gasteiger partial charge on any atom is -0.300 e. The van der Waals surface area contributed by atoms with E-state index in [1.165, 1.54) is 25.7 Å². The summed E-state index contributed by atoms with van der Waals surface area (Å²) in [7, 11) is -8.68. The molecule has 4 fully saturated rings. The number of rotatable bonds is 1. The Labute approximate surface area is 190 Å². The van der Waals surface area contributed by atoms with E-state index in [9.17, 15) is 27.5 Å². The maximum absolute atomic E-state index is 12.2. The second-order valence-electron chi connectivity index (χ2n) is 8.91. The number of halogens is 6. The summed E-state index contributed by atoms with van der Waals surface area (Å²) >= 11 is 0. The molecule has 4 aliphatic heterocycles. The fraction of sp³-hybridized carbons (Fsp3) is 1.00. The van der Waals surface area contributed by atoms with Crippen molar-refractivity contribution in [1.82, 2.24) is 9.80 Å². The van der Waals surface area contributed by atoms with Crippen LogP contribution in [0.4, 0.5) is 23.3 Å². The van der Waals surface area contributed by atoms with Crippen molar-refractivity contribution >= 4 is 21.1 Å². The van der Waals surface area contributed by atoms with Gasteiger partial charge in [0.2, 0.25) is 0 Å². The summed E-state index contributed by atoms with van der Waals surface area (Å²) in [4.78, 5) is 4.84. The van der Waals surface area contributed by atoms with Crippen molar-refractivity contribution in [1.29, 1.82) is 0 Å². The van der Waals surface area contributed by atoms with Crippen LogP contribution in [0.2, 0.25) is 0 Å². The molecule has 4 unspecified atom stereocenters. The van der Waals surface area contributed by atoms with Gasteiger partial charge in [0.15, 0.2) is 0 Å². The summed E-state index contributed by atoms with van der Waals surface area (Å²) in [5.74, 6) is 0.994. The highest BCUT2D eigenvalue weighted by atomic mass is 32.4. The fourth-order valence-electron chi connectivity index (χ4n) is 5.33. The Bertz CT molecular complexity index is 730. The van der Waals surface area contributed by atoms with E-state index >= 15 is 0 Å². The average molecular weight is 520 g/mol. The maximum Gasteiger partial charge on any atom is 0.456 e. The minimum atomic E-state index is -8.10. The highest BCUT2D eigenvalue weighted by molar-refractivity contribution is 8.01. The number of fused-ring (bicyclic) bond motifs is 4. The summed E-state index contributed by atoms with van der Waals surface area (Å²) in [6.45, 7) is 2.40. The predicted molar refractivity (Wildman–Crippen MR) is 119 cm³/mol. The number of hydrogen-bond acceptors (Lipinski definition) is 5. The zero-order valence-electron chi connectivity index (χ0n) is 17.4. The van der Waals surface area contributed by atoms with Gasteiger partial charge in [0.05, 0.1) is 6.04 Å². The molecule has 4 aliphatic rings. The normalized spacial score (nSPS) is 35.5. The van der Waals surface area contributed by atoms with E-state index in [2.05, 4.69) is 28.1 Å². The van der Waals surface area contributed by atoms with Crippen LogP contribution in [0, 0.1) is 5.92 Å². The van der Waals surface area contributed by atoms with Crippen LogP contribution in [0.3, 0.4) is 0 Å². The first-order valence-electron chi connectivity index (χ1n) is 10.1. The number of piperidine rings is 2. The molecule has 4 rings (SSSR count). The van der Waals surface area contributed by atoms with Gasteiger partial charge in [-0.3, -0.25) is 0 Å². The molecule has 0 aromatic carbocycles. The first-order valence-corrected chi connectivity index (χ1v) is 13.0. The molecule has 0 aromatic rings. The molecule has 0 saturated carbocycles. The van der Waals surface area contributed by atoms with E-state index in [1.54, 1.807) is 0 Å². The van der Waals surface area contributed by atoms with Crippen molar-refractivity contribution in [3.05, 3.63) is 0 Å². The molecule has 0 amide bonds. The van der Waals surface area contributed by atoms with Gasteiger partial charge >= 0.3 is 21.1 Å². The molecule has 4 saturated heterocycles. The summed E-state index contributed by atoms with van der Waals surface area (Å²) < 4.78 is 85.7. The van der Waals surface area contributed by atoms with Gasteiger partial charge in [-0.25, -0.2) is 0 Å². The molecule has 32 heavy (non-hydrogen) atoms. The van der Waals surface area contributed by atoms with Crippen LogP contribution in [-0.2, 0) is 21.1 Å². The summed E-state index contributed by atoms with van der Waals surface area (Å²) in [6, 6.07) is 2.21. The van der Waals surface area contributed by atoms with Crippen LogP contribution in [-0.4, -0.2) is 62.5 Å². The fourth-order valence-corrected chi connectivity index (χ4v) is 5.85. The van der Waals surface area contributed by atoms with Crippen LogP contribution in [0.25, 0.3) is 0 Å². The van der Waals surface area contributed by atoms with E-state index in [0.29, 0.717) is 24.9 Å². The van der Waals surface area contributed by atoms with E-state index in [0.717, 1.165) is 30.8 Å². The Balaban J connectivity index is 0.000000473. The molecule has 0 radical (unpaired) electrons. The van der Waals surface area contributed by atoms with Crippen molar-refractivity contribution in [2.75, 3.05) is 14.1 Å². The predicted octanol–water partition coefficient (Wildman–Crippen LogP) is 6.34. The number of nitrogens with zero attached hydrogens (tertiary/aromatic N) is 3. The van der Waals surface area contributed by atoms with Crippen LogP contribution in [0.1, 0.15) is 73.1 Å². The standard InChI is InChI=1S/C9H17N.C8H14F2N2OS.2CH4.F4OS/c1-7-5-8-3-4-9(6-7)10(8)2;1-12-7-2-3-8(12)5-6(4-7)11-14(9,10)13;;;1-6(2,3,4)5/h7-9H,3-6H2,1-2H3;6-8H,2-5H2,1H3;2*1H4;. The molecule has 13 heteroatoms. The van der Waals surface area contributed by atoms with E-state index in [1.807, 2.05) is 7.05 Å². The van der Waals surface area contributed by atoms with E-state index in [4.69, 9.17) is 4.21 Å². The first kappa shape index (κ1) is 31.6. The van der Waals surface area contributed by atoms with Crippen LogP contribution in [0.15, 0.2) is 4.36 Å². The lowest BCUT2D eigenvalue weighted by molar-refractivity contribution is 0.142. The van der Waals surface area contributed by atoms with Gasteiger partial charge in [-0.2, -0.15) is 12.8 Å². The third kappa shape index (κ3) is 11.1. The second kappa shape index (κ2) is 11.4. The lowest BCUT2D eigenvalue weighted by Crippen LogP contribution is -2.41. The molecule has 4 bridgehead atoms. The van der Waals surface area contributed by atoms with Crippen molar-refractivity contribution in [3.63, 3.8) is 0 Å². The lowest BCUT2D eigenvalue weighted by Gasteiger charge is -2.34. The van der Waals surface area contributed by atoms with E-state index in [-0.39, 0.29) is 14.9 Å². The smallest absolute Gasteiger partial charge is 0.300 e. The zero-order chi connectivity index (χ0) is 22.9. The highest BCUT2D eigenvalue weighted by Crippen LogP contribution is 2.37. The Morgan fingerprint density at radius 1 is 0.781 bits per heavy atom. The third-order valence-corrected chi connectivity index (χ3v) is 7.22. The molecule has 5 nitrogen and oxygen atoms in total. The Morgan fingerprint density at radius 3 is 1.34 bits per heavy atom. The molecule has 0 aliphatic carbocycles. The van der Waals surface area contributed by atoms with Gasteiger partial charge in [0.1, 0.15) is 0 Å². The average Bonchev–Trinajstić information content (AvgIpc) is 2.89. The molecular formula is C19H39F6N3O2S2. The maximum atomic E-state index is 12.2. The van der Waals surface area contributed by atoms with E-state index < -0.39 is 27.2 Å². The summed E-state index contributed by atoms with van der Waals surface area (Å²) in [6.07, 6.45) is 9.23. The topological polar surface area (TPSA) is 53.0 Å². The first-order chi connectivity index (χ1) is 13.5. The second-order valence-corrected chi connectivity index (χ2v) is 11.1. The van der Waals surface area contributed by atoms with Crippen LogP contribution < -0.4 is 0 Å². The van der Waals surface area contributed by atoms with Crippen molar-refractivity contribution in [3.8, 4) is 0 Å². The Kier molecular flexibility index (Phi) is 11.2. The lowest BCUT2D eigenvalue weighted by atomic mass is 9.93. The number of hydrogen-bond donors (Lipinski definition) is 0. The van der Waals surface area contributed by atoms with Crippen LogP contribution in [0.5, 0.6) is 0 Å². The van der Waals surface area contributed by atoms with Crippen molar-refractivity contribution < 1.29 is 31.7 Å². The molecule has 196 valence electrons. The zero-order valence-corrected chi connectivity index (χ0v) is 19.0. The molecule has 0 spiro atoms. The molecule has 4 heterocycles. The Morgan fingerprint density at radius 2 is 1.06 bits per heavy atom. The molecule has 0 N–H and O–H groups in total. The highest BCUT2D eigenvalue weighted by Gasteiger charge is 2.39. The summed E-state index contributed by atoms with van der Waals surface area (Å²) in [5.41, 5.74) is 0.